The van der Waals surface area contributed by atoms with Gasteiger partial charge >= 0.3 is 0 Å². The third-order valence-electron chi connectivity index (χ3n) is 6.21. The van der Waals surface area contributed by atoms with E-state index in [9.17, 15) is 10.4 Å². The van der Waals surface area contributed by atoms with Crippen LogP contribution in [0.4, 0.5) is 5.82 Å². The number of nitrogens with zero attached hydrogens (tertiary/aromatic N) is 3. The zero-order valence-corrected chi connectivity index (χ0v) is 15.5. The summed E-state index contributed by atoms with van der Waals surface area (Å²) in [7, 11) is 0. The summed E-state index contributed by atoms with van der Waals surface area (Å²) in [5, 5.41) is 19.1. The van der Waals surface area contributed by atoms with Crippen molar-refractivity contribution in [3.63, 3.8) is 0 Å². The lowest BCUT2D eigenvalue weighted by atomic mass is 10.0. The highest BCUT2D eigenvalue weighted by Gasteiger charge is 2.35. The molecule has 27 heavy (non-hydrogen) atoms. The number of hydrogen-bond acceptors (Lipinski definition) is 3. The molecule has 0 spiro atoms. The van der Waals surface area contributed by atoms with Gasteiger partial charge in [0.25, 0.3) is 0 Å². The van der Waals surface area contributed by atoms with Crippen molar-refractivity contribution >= 4 is 22.5 Å². The number of aliphatic hydroxyl groups is 1. The van der Waals surface area contributed by atoms with E-state index in [0.717, 1.165) is 74.2 Å². The Morgan fingerprint density at radius 3 is 2.74 bits per heavy atom. The van der Waals surface area contributed by atoms with Gasteiger partial charge in [0.2, 0.25) is 11.5 Å². The Kier molecular flexibility index (Phi) is 4.00. The first kappa shape index (κ1) is 16.5. The number of aliphatic hydroxyl groups excluding tert-OH is 1. The molecule has 2 aliphatic rings. The molecule has 2 aromatic heterocycles. The van der Waals surface area contributed by atoms with Gasteiger partial charge < -0.3 is 10.0 Å². The second kappa shape index (κ2) is 6.52. The van der Waals surface area contributed by atoms with Crippen LogP contribution in [0.3, 0.4) is 0 Å². The molecular formula is C21H25N5O+2. The fourth-order valence-electron chi connectivity index (χ4n) is 4.91. The summed E-state index contributed by atoms with van der Waals surface area (Å²) in [4.78, 5) is 7.48. The highest BCUT2D eigenvalue weighted by molar-refractivity contribution is 5.78. The van der Waals surface area contributed by atoms with Crippen molar-refractivity contribution in [1.29, 1.82) is 5.26 Å². The number of imidazole rings is 1. The summed E-state index contributed by atoms with van der Waals surface area (Å²) in [6.45, 7) is 5.13. The summed E-state index contributed by atoms with van der Waals surface area (Å²) in [6, 6.07) is 10.8. The maximum absolute atomic E-state index is 9.90. The number of quaternary nitrogens is 1. The van der Waals surface area contributed by atoms with Gasteiger partial charge in [-0.1, -0.05) is 12.1 Å². The molecule has 1 aromatic carbocycles. The van der Waals surface area contributed by atoms with Crippen LogP contribution >= 0.6 is 0 Å². The first-order chi connectivity index (χ1) is 13.3. The summed E-state index contributed by atoms with van der Waals surface area (Å²) >= 11 is 0. The Balaban J connectivity index is 1.73. The Morgan fingerprint density at radius 2 is 1.96 bits per heavy atom. The molecule has 1 fully saturated rings. The van der Waals surface area contributed by atoms with E-state index in [1.807, 2.05) is 6.07 Å². The molecule has 5 rings (SSSR count). The first-order valence-electron chi connectivity index (χ1n) is 9.91. The molecule has 3 heterocycles. The van der Waals surface area contributed by atoms with E-state index >= 15 is 0 Å². The van der Waals surface area contributed by atoms with Crippen LogP contribution in [-0.2, 0) is 12.8 Å². The van der Waals surface area contributed by atoms with Crippen LogP contribution in [0, 0.1) is 11.3 Å². The minimum atomic E-state index is 0.253. The number of fused-ring (bicyclic) bond motifs is 4. The third kappa shape index (κ3) is 2.50. The molecule has 3 N–H and O–H groups in total. The lowest BCUT2D eigenvalue weighted by Crippen LogP contribution is -3.15. The molecule has 138 valence electrons. The number of anilines is 1. The average molecular weight is 363 g/mol. The van der Waals surface area contributed by atoms with Crippen LogP contribution in [0.5, 0.6) is 0 Å². The highest BCUT2D eigenvalue weighted by atomic mass is 16.3. The predicted octanol–water partition coefficient (Wildman–Crippen LogP) is -0.0358. The summed E-state index contributed by atoms with van der Waals surface area (Å²) < 4.78 is 2.29. The molecular weight excluding hydrogens is 338 g/mol. The zero-order valence-electron chi connectivity index (χ0n) is 15.5. The van der Waals surface area contributed by atoms with Crippen molar-refractivity contribution in [3.05, 3.63) is 41.0 Å². The number of pyridine rings is 1. The van der Waals surface area contributed by atoms with Gasteiger partial charge in [-0.3, -0.25) is 9.88 Å². The summed E-state index contributed by atoms with van der Waals surface area (Å²) in [5.41, 5.74) is 6.55. The van der Waals surface area contributed by atoms with E-state index in [4.69, 9.17) is 0 Å². The number of aromatic nitrogens is 2. The first-order valence-corrected chi connectivity index (χ1v) is 9.91. The van der Waals surface area contributed by atoms with Gasteiger partial charge in [0, 0.05) is 5.56 Å². The Bertz CT molecular complexity index is 1060. The van der Waals surface area contributed by atoms with Gasteiger partial charge in [-0.15, -0.1) is 0 Å². The quantitative estimate of drug-likeness (QED) is 0.572. The molecule has 0 amide bonds. The van der Waals surface area contributed by atoms with Crippen LogP contribution in [-0.4, -0.2) is 49.4 Å². The average Bonchev–Trinajstić information content (AvgIpc) is 3.32. The number of para-hydroxylation sites is 2. The second-order valence-corrected chi connectivity index (χ2v) is 7.66. The van der Waals surface area contributed by atoms with Gasteiger partial charge in [-0.05, 0) is 37.0 Å². The molecule has 1 aliphatic heterocycles. The van der Waals surface area contributed by atoms with Crippen LogP contribution < -0.4 is 14.2 Å². The number of nitriles is 1. The minimum absolute atomic E-state index is 0.253. The molecule has 0 saturated carbocycles. The molecule has 1 saturated heterocycles. The fourth-order valence-corrected chi connectivity index (χ4v) is 4.91. The molecule has 1 aliphatic carbocycles. The number of rotatable bonds is 3. The summed E-state index contributed by atoms with van der Waals surface area (Å²) in [5.74, 6) is 1.27. The fraction of sp³-hybridized carbons (Fsp3) is 0.429. The number of H-pyrrole nitrogens is 1. The van der Waals surface area contributed by atoms with Crippen LogP contribution in [0.1, 0.15) is 23.1 Å². The molecule has 0 radical (unpaired) electrons. The van der Waals surface area contributed by atoms with Crippen molar-refractivity contribution in [2.75, 3.05) is 44.2 Å². The van der Waals surface area contributed by atoms with Gasteiger partial charge in [0.1, 0.15) is 55.4 Å². The van der Waals surface area contributed by atoms with E-state index in [1.54, 1.807) is 0 Å². The molecule has 6 nitrogen and oxygen atoms in total. The number of nitrogens with one attached hydrogen (secondary N) is 2. The van der Waals surface area contributed by atoms with Crippen LogP contribution in [0.2, 0.25) is 0 Å². The van der Waals surface area contributed by atoms with Gasteiger partial charge in [0.05, 0.1) is 6.61 Å². The van der Waals surface area contributed by atoms with Crippen molar-refractivity contribution in [1.82, 2.24) is 4.98 Å². The molecule has 0 atom stereocenters. The van der Waals surface area contributed by atoms with E-state index in [-0.39, 0.29) is 6.61 Å². The molecule has 0 bridgehead atoms. The SMILES string of the molecule is N#Cc1c2c(c(N3CC[NH+](CCO)CC3)[n+]3c1[nH]c1ccccc13)CCC2. The zero-order chi connectivity index (χ0) is 18.4. The van der Waals surface area contributed by atoms with Crippen molar-refractivity contribution in [2.24, 2.45) is 0 Å². The minimum Gasteiger partial charge on any atom is -0.391 e. The summed E-state index contributed by atoms with van der Waals surface area (Å²) in [6.07, 6.45) is 3.16. The Hall–Kier alpha value is -2.62. The number of hydrogen-bond donors (Lipinski definition) is 3. The molecule has 3 aromatic rings. The van der Waals surface area contributed by atoms with E-state index < -0.39 is 0 Å². The Morgan fingerprint density at radius 1 is 1.19 bits per heavy atom. The molecule has 6 heteroatoms. The highest BCUT2D eigenvalue weighted by Crippen LogP contribution is 2.34. The smallest absolute Gasteiger partial charge is 0.250 e. The lowest BCUT2D eigenvalue weighted by molar-refractivity contribution is -0.901. The molecule has 0 unspecified atom stereocenters. The van der Waals surface area contributed by atoms with Crippen LogP contribution in [0.25, 0.3) is 16.7 Å². The standard InChI is InChI=1S/C21H23N5O/c22-14-17-15-4-3-5-16(15)21(25-10-8-24(9-11-25)12-13-27)26-19-7-2-1-6-18(19)23-20(17)26/h1-2,6-7,27H,3-5,8-13H2/p+2. The second-order valence-electron chi connectivity index (χ2n) is 7.66. The predicted molar refractivity (Wildman–Crippen MR) is 103 cm³/mol. The maximum atomic E-state index is 9.90. The number of aromatic amines is 1. The van der Waals surface area contributed by atoms with Crippen LogP contribution in [0.15, 0.2) is 24.3 Å². The number of benzene rings is 1. The van der Waals surface area contributed by atoms with E-state index in [1.165, 1.54) is 21.8 Å². The van der Waals surface area contributed by atoms with Gasteiger partial charge in [-0.2, -0.15) is 9.66 Å². The lowest BCUT2D eigenvalue weighted by Gasteiger charge is -2.31. The topological polar surface area (TPSA) is 71.6 Å². The van der Waals surface area contributed by atoms with E-state index in [0.29, 0.717) is 0 Å². The largest absolute Gasteiger partial charge is 0.391 e. The maximum Gasteiger partial charge on any atom is 0.250 e. The van der Waals surface area contributed by atoms with Gasteiger partial charge in [-0.25, -0.2) is 0 Å². The number of piperazine rings is 1. The van der Waals surface area contributed by atoms with E-state index in [2.05, 4.69) is 38.6 Å². The van der Waals surface area contributed by atoms with Crippen molar-refractivity contribution in [2.45, 2.75) is 19.3 Å². The monoisotopic (exact) mass is 363 g/mol. The van der Waals surface area contributed by atoms with Gasteiger partial charge in [0.15, 0.2) is 0 Å². The normalized spacial score (nSPS) is 17.6. The van der Waals surface area contributed by atoms with Crippen molar-refractivity contribution in [3.8, 4) is 6.07 Å². The third-order valence-corrected chi connectivity index (χ3v) is 6.21. The Labute approximate surface area is 158 Å². The van der Waals surface area contributed by atoms with Crippen molar-refractivity contribution < 1.29 is 14.4 Å².